The molecule has 1 unspecified atom stereocenters. The minimum atomic E-state index is -3.63. The van der Waals surface area contributed by atoms with E-state index in [9.17, 15) is 13.2 Å². The molecule has 4 rings (SSSR count). The highest BCUT2D eigenvalue weighted by atomic mass is 32.2. The third-order valence-corrected chi connectivity index (χ3v) is 7.47. The van der Waals surface area contributed by atoms with Gasteiger partial charge in [-0.3, -0.25) is 4.79 Å². The summed E-state index contributed by atoms with van der Waals surface area (Å²) in [5.41, 5.74) is 0.660. The third kappa shape index (κ3) is 5.58. The summed E-state index contributed by atoms with van der Waals surface area (Å²) in [7, 11) is -2.11. The second-order valence-corrected chi connectivity index (χ2v) is 9.73. The lowest BCUT2D eigenvalue weighted by atomic mass is 10.1. The van der Waals surface area contributed by atoms with Gasteiger partial charge in [-0.1, -0.05) is 12.1 Å². The Bertz CT molecular complexity index is 1080. The van der Waals surface area contributed by atoms with Crippen LogP contribution in [0.2, 0.25) is 0 Å². The van der Waals surface area contributed by atoms with E-state index in [-0.39, 0.29) is 23.3 Å². The molecule has 0 bridgehead atoms. The molecule has 2 aliphatic heterocycles. The molecule has 0 aromatic heterocycles. The van der Waals surface area contributed by atoms with E-state index in [0.717, 1.165) is 0 Å². The Balaban J connectivity index is 1.34. The van der Waals surface area contributed by atoms with Crippen LogP contribution in [0.3, 0.4) is 0 Å². The van der Waals surface area contributed by atoms with Gasteiger partial charge in [0, 0.05) is 19.5 Å². The van der Waals surface area contributed by atoms with Crippen molar-refractivity contribution in [2.45, 2.75) is 23.8 Å². The van der Waals surface area contributed by atoms with Crippen LogP contribution in [0.15, 0.2) is 47.4 Å². The molecular weight excluding hydrogens is 448 g/mol. The Morgan fingerprint density at radius 3 is 2.67 bits per heavy atom. The quantitative estimate of drug-likeness (QED) is 0.617. The number of nitrogens with zero attached hydrogens (tertiary/aromatic N) is 1. The number of para-hydroxylation sites is 2. The molecule has 1 atom stereocenters. The highest BCUT2D eigenvalue weighted by molar-refractivity contribution is 7.89. The zero-order valence-electron chi connectivity index (χ0n) is 18.5. The van der Waals surface area contributed by atoms with Crippen LogP contribution in [0.25, 0.3) is 0 Å². The first-order valence-electron chi connectivity index (χ1n) is 10.9. The Labute approximate surface area is 193 Å². The predicted octanol–water partition coefficient (Wildman–Crippen LogP) is 1.60. The van der Waals surface area contributed by atoms with E-state index in [1.54, 1.807) is 12.1 Å². The van der Waals surface area contributed by atoms with Crippen LogP contribution in [0.4, 0.5) is 0 Å². The van der Waals surface area contributed by atoms with Gasteiger partial charge in [0.1, 0.15) is 18.5 Å². The lowest BCUT2D eigenvalue weighted by molar-refractivity contribution is -0.121. The van der Waals surface area contributed by atoms with E-state index in [0.29, 0.717) is 68.7 Å². The SMILES string of the molecule is COc1ccc(S(=O)(=O)N2CCOCC2)cc1CCC(=O)NCC1COc2ccccc2O1. The monoisotopic (exact) mass is 476 g/mol. The summed E-state index contributed by atoms with van der Waals surface area (Å²) in [6.45, 7) is 2.07. The zero-order valence-corrected chi connectivity index (χ0v) is 19.3. The number of benzene rings is 2. The topological polar surface area (TPSA) is 103 Å². The van der Waals surface area contributed by atoms with Gasteiger partial charge in [0.15, 0.2) is 11.5 Å². The molecule has 1 fully saturated rings. The standard InChI is InChI=1S/C23H28N2O7S/c1-29-20-8-7-19(33(27,28)25-10-12-30-13-11-25)14-17(20)6-9-23(26)24-15-18-16-31-21-4-2-3-5-22(21)32-18/h2-5,7-8,14,18H,6,9-13,15-16H2,1H3,(H,24,26). The summed E-state index contributed by atoms with van der Waals surface area (Å²) in [4.78, 5) is 12.6. The number of rotatable bonds is 8. The molecule has 9 nitrogen and oxygen atoms in total. The van der Waals surface area contributed by atoms with Crippen LogP contribution in [0.5, 0.6) is 17.2 Å². The van der Waals surface area contributed by atoms with Crippen molar-refractivity contribution in [1.82, 2.24) is 9.62 Å². The Hall–Kier alpha value is -2.82. The minimum absolute atomic E-state index is 0.166. The maximum Gasteiger partial charge on any atom is 0.243 e. The second kappa shape index (κ2) is 10.4. The fourth-order valence-electron chi connectivity index (χ4n) is 3.77. The number of morpholine rings is 1. The highest BCUT2D eigenvalue weighted by Crippen LogP contribution is 2.30. The van der Waals surface area contributed by atoms with Gasteiger partial charge in [-0.15, -0.1) is 0 Å². The Kier molecular flexibility index (Phi) is 7.36. The molecule has 178 valence electrons. The van der Waals surface area contributed by atoms with Crippen LogP contribution in [-0.2, 0) is 26.0 Å². The Morgan fingerprint density at radius 1 is 1.15 bits per heavy atom. The van der Waals surface area contributed by atoms with Crippen molar-refractivity contribution in [3.63, 3.8) is 0 Å². The molecule has 2 aromatic rings. The largest absolute Gasteiger partial charge is 0.496 e. The second-order valence-electron chi connectivity index (χ2n) is 7.79. The molecule has 33 heavy (non-hydrogen) atoms. The maximum absolute atomic E-state index is 13.0. The number of nitrogens with one attached hydrogen (secondary N) is 1. The molecule has 0 radical (unpaired) electrons. The van der Waals surface area contributed by atoms with E-state index in [2.05, 4.69) is 5.32 Å². The van der Waals surface area contributed by atoms with Gasteiger partial charge >= 0.3 is 0 Å². The summed E-state index contributed by atoms with van der Waals surface area (Å²) < 4.78 is 49.5. The molecule has 10 heteroatoms. The van der Waals surface area contributed by atoms with Crippen LogP contribution >= 0.6 is 0 Å². The fourth-order valence-corrected chi connectivity index (χ4v) is 5.23. The molecule has 1 N–H and O–H groups in total. The lowest BCUT2D eigenvalue weighted by Crippen LogP contribution is -2.40. The van der Waals surface area contributed by atoms with Crippen molar-refractivity contribution in [1.29, 1.82) is 0 Å². The van der Waals surface area contributed by atoms with E-state index in [4.69, 9.17) is 18.9 Å². The number of amides is 1. The molecule has 2 aromatic carbocycles. The van der Waals surface area contributed by atoms with Crippen LogP contribution in [0, 0.1) is 0 Å². The first-order chi connectivity index (χ1) is 16.0. The van der Waals surface area contributed by atoms with Crippen LogP contribution in [0.1, 0.15) is 12.0 Å². The summed E-state index contributed by atoms with van der Waals surface area (Å²) in [5.74, 6) is 1.73. The first kappa shape index (κ1) is 23.3. The summed E-state index contributed by atoms with van der Waals surface area (Å²) >= 11 is 0. The number of carbonyl (C=O) groups is 1. The summed E-state index contributed by atoms with van der Waals surface area (Å²) in [5, 5.41) is 2.86. The third-order valence-electron chi connectivity index (χ3n) is 5.58. The normalized spacial score (nSPS) is 18.5. The smallest absolute Gasteiger partial charge is 0.243 e. The zero-order chi connectivity index (χ0) is 23.3. The number of fused-ring (bicyclic) bond motifs is 1. The molecule has 0 aliphatic carbocycles. The van der Waals surface area contributed by atoms with E-state index in [1.165, 1.54) is 17.5 Å². The number of sulfonamides is 1. The van der Waals surface area contributed by atoms with Gasteiger partial charge in [0.05, 0.1) is 31.8 Å². The molecule has 0 saturated carbocycles. The molecule has 2 aliphatic rings. The van der Waals surface area contributed by atoms with Gasteiger partial charge in [0.2, 0.25) is 15.9 Å². The summed E-state index contributed by atoms with van der Waals surface area (Å²) in [6, 6.07) is 12.2. The van der Waals surface area contributed by atoms with E-state index in [1.807, 2.05) is 24.3 Å². The average Bonchev–Trinajstić information content (AvgIpc) is 2.86. The Morgan fingerprint density at radius 2 is 1.91 bits per heavy atom. The van der Waals surface area contributed by atoms with Gasteiger partial charge < -0.3 is 24.3 Å². The molecule has 2 heterocycles. The number of carbonyl (C=O) groups excluding carboxylic acids is 1. The minimum Gasteiger partial charge on any atom is -0.496 e. The predicted molar refractivity (Wildman–Crippen MR) is 120 cm³/mol. The number of ether oxygens (including phenoxy) is 4. The van der Waals surface area contributed by atoms with Gasteiger partial charge in [0.25, 0.3) is 0 Å². The lowest BCUT2D eigenvalue weighted by Gasteiger charge is -2.26. The van der Waals surface area contributed by atoms with Crippen LogP contribution in [-0.4, -0.2) is 71.3 Å². The molecule has 1 amide bonds. The van der Waals surface area contributed by atoms with E-state index >= 15 is 0 Å². The summed E-state index contributed by atoms with van der Waals surface area (Å²) in [6.07, 6.45) is 0.244. The number of hydrogen-bond acceptors (Lipinski definition) is 7. The average molecular weight is 477 g/mol. The highest BCUT2D eigenvalue weighted by Gasteiger charge is 2.27. The molecular formula is C23H28N2O7S. The van der Waals surface area contributed by atoms with Crippen LogP contribution < -0.4 is 19.5 Å². The van der Waals surface area contributed by atoms with Crippen molar-refractivity contribution in [3.8, 4) is 17.2 Å². The van der Waals surface area contributed by atoms with Gasteiger partial charge in [-0.25, -0.2) is 8.42 Å². The number of methoxy groups -OCH3 is 1. The van der Waals surface area contributed by atoms with Gasteiger partial charge in [-0.2, -0.15) is 4.31 Å². The van der Waals surface area contributed by atoms with Crippen molar-refractivity contribution in [3.05, 3.63) is 48.0 Å². The number of hydrogen-bond donors (Lipinski definition) is 1. The van der Waals surface area contributed by atoms with Crippen molar-refractivity contribution < 1.29 is 32.2 Å². The van der Waals surface area contributed by atoms with Crippen molar-refractivity contribution in [2.24, 2.45) is 0 Å². The molecule has 1 saturated heterocycles. The maximum atomic E-state index is 13.0. The number of aryl methyl sites for hydroxylation is 1. The molecule has 0 spiro atoms. The van der Waals surface area contributed by atoms with E-state index < -0.39 is 10.0 Å². The first-order valence-corrected chi connectivity index (χ1v) is 12.3. The van der Waals surface area contributed by atoms with Gasteiger partial charge in [-0.05, 0) is 42.3 Å². The van der Waals surface area contributed by atoms with Crippen molar-refractivity contribution in [2.75, 3.05) is 46.6 Å². The fraction of sp³-hybridized carbons (Fsp3) is 0.435. The van der Waals surface area contributed by atoms with Crippen molar-refractivity contribution >= 4 is 15.9 Å².